The van der Waals surface area contributed by atoms with Crippen LogP contribution in [0.15, 0.2) is 18.2 Å². The van der Waals surface area contributed by atoms with Crippen LogP contribution in [0.2, 0.25) is 0 Å². The average Bonchev–Trinajstić information content (AvgIpc) is 2.56. The average molecular weight is 399 g/mol. The summed E-state index contributed by atoms with van der Waals surface area (Å²) < 4.78 is 8.90. The normalized spacial score (nSPS) is 9.35. The van der Waals surface area contributed by atoms with Gasteiger partial charge in [-0.15, -0.1) is 0 Å². The molecule has 0 aliphatic rings. The van der Waals surface area contributed by atoms with Crippen LogP contribution in [0.1, 0.15) is 6.92 Å². The van der Waals surface area contributed by atoms with Crippen molar-refractivity contribution in [2.24, 2.45) is 0 Å². The van der Waals surface area contributed by atoms with Gasteiger partial charge in [-0.25, -0.2) is 9.59 Å². The molecule has 1 rings (SSSR count). The summed E-state index contributed by atoms with van der Waals surface area (Å²) in [5, 5.41) is 12.6. The number of anilines is 3. The zero-order valence-corrected chi connectivity index (χ0v) is 15.7. The Bertz CT molecular complexity index is 740. The van der Waals surface area contributed by atoms with Gasteiger partial charge in [-0.3, -0.25) is 15.4 Å². The number of ether oxygens (including phenoxy) is 2. The molecule has 0 saturated carbocycles. The first-order valence-corrected chi connectivity index (χ1v) is 7.80. The lowest BCUT2D eigenvalue weighted by Crippen LogP contribution is -2.35. The summed E-state index contributed by atoms with van der Waals surface area (Å²) in [6.45, 7) is 1.36. The van der Waals surface area contributed by atoms with E-state index in [1.165, 1.54) is 21.1 Å². The zero-order valence-electron chi connectivity index (χ0n) is 14.1. The van der Waals surface area contributed by atoms with Crippen LogP contribution < -0.4 is 26.6 Å². The minimum Gasteiger partial charge on any atom is -0.453 e. The lowest BCUT2D eigenvalue weighted by molar-refractivity contribution is -0.114. The van der Waals surface area contributed by atoms with E-state index in [2.05, 4.69) is 36.1 Å². The number of alkyl carbamates (subject to hydrolysis) is 2. The maximum absolute atomic E-state index is 11.2. The van der Waals surface area contributed by atoms with Gasteiger partial charge in [0.2, 0.25) is 5.91 Å². The number of hydrogen-bond donors (Lipinski definition) is 5. The van der Waals surface area contributed by atoms with Gasteiger partial charge in [-0.05, 0) is 42.6 Å². The van der Waals surface area contributed by atoms with E-state index in [1.54, 1.807) is 18.2 Å². The van der Waals surface area contributed by atoms with Gasteiger partial charge in [0.15, 0.2) is 10.2 Å². The van der Waals surface area contributed by atoms with Crippen LogP contribution in [0.3, 0.4) is 0 Å². The highest BCUT2D eigenvalue weighted by atomic mass is 32.1. The molecule has 1 aromatic carbocycles. The third kappa shape index (κ3) is 7.27. The fraction of sp³-hybridized carbons (Fsp3) is 0.214. The molecular weight excluding hydrogens is 382 g/mol. The first-order chi connectivity index (χ1) is 12.2. The summed E-state index contributed by atoms with van der Waals surface area (Å²) in [7, 11) is 2.39. The molecule has 3 amide bonds. The molecule has 26 heavy (non-hydrogen) atoms. The predicted molar refractivity (Wildman–Crippen MR) is 104 cm³/mol. The highest BCUT2D eigenvalue weighted by Gasteiger charge is 2.11. The lowest BCUT2D eigenvalue weighted by atomic mass is 10.2. The molecule has 0 aliphatic heterocycles. The highest BCUT2D eigenvalue weighted by Crippen LogP contribution is 2.26. The monoisotopic (exact) mass is 399 g/mol. The van der Waals surface area contributed by atoms with Crippen LogP contribution >= 0.6 is 24.4 Å². The minimum atomic E-state index is -0.752. The fourth-order valence-electron chi connectivity index (χ4n) is 1.63. The summed E-state index contributed by atoms with van der Waals surface area (Å²) >= 11 is 10.0. The van der Waals surface area contributed by atoms with Gasteiger partial charge in [0.25, 0.3) is 0 Å². The molecule has 0 atom stereocenters. The Morgan fingerprint density at radius 1 is 0.846 bits per heavy atom. The molecular formula is C14H17N5O5S2. The summed E-state index contributed by atoms with van der Waals surface area (Å²) in [5.74, 6) is -0.269. The van der Waals surface area contributed by atoms with Crippen molar-refractivity contribution >= 4 is 69.8 Å². The molecule has 5 N–H and O–H groups in total. The molecule has 0 aromatic heterocycles. The fourth-order valence-corrected chi connectivity index (χ4v) is 2.02. The molecule has 0 heterocycles. The summed E-state index contributed by atoms with van der Waals surface area (Å²) in [4.78, 5) is 33.6. The molecule has 0 aliphatic carbocycles. The molecule has 0 spiro atoms. The molecule has 0 saturated heterocycles. The highest BCUT2D eigenvalue weighted by molar-refractivity contribution is 7.80. The Labute approximate surface area is 160 Å². The largest absolute Gasteiger partial charge is 0.453 e. The Kier molecular flexibility index (Phi) is 8.18. The number of carbonyl (C=O) groups is 3. The second-order valence-electron chi connectivity index (χ2n) is 4.58. The van der Waals surface area contributed by atoms with Gasteiger partial charge in [0.05, 0.1) is 25.6 Å². The molecule has 10 nitrogen and oxygen atoms in total. The van der Waals surface area contributed by atoms with E-state index in [0.717, 1.165) is 0 Å². The van der Waals surface area contributed by atoms with Gasteiger partial charge in [0.1, 0.15) is 0 Å². The molecule has 0 unspecified atom stereocenters. The van der Waals surface area contributed by atoms with E-state index >= 15 is 0 Å². The SMILES string of the molecule is COC(=O)NC(=S)Nc1ccc(NC(C)=O)cc1NC(=S)NC(=O)OC. The molecule has 0 radical (unpaired) electrons. The Hall–Kier alpha value is -2.99. The Morgan fingerprint density at radius 3 is 1.81 bits per heavy atom. The molecule has 0 fully saturated rings. The number of carbonyl (C=O) groups excluding carboxylic acids is 3. The molecule has 12 heteroatoms. The lowest BCUT2D eigenvalue weighted by Gasteiger charge is -2.16. The summed E-state index contributed by atoms with van der Waals surface area (Å²) in [6.07, 6.45) is -1.49. The predicted octanol–water partition coefficient (Wildman–Crippen LogP) is 1.75. The van der Waals surface area contributed by atoms with E-state index in [9.17, 15) is 14.4 Å². The van der Waals surface area contributed by atoms with Crippen molar-refractivity contribution in [3.63, 3.8) is 0 Å². The van der Waals surface area contributed by atoms with Crippen LogP contribution in [-0.4, -0.2) is 42.5 Å². The smallest absolute Gasteiger partial charge is 0.413 e. The van der Waals surface area contributed by atoms with Gasteiger partial charge in [-0.1, -0.05) is 0 Å². The van der Waals surface area contributed by atoms with Gasteiger partial charge < -0.3 is 25.4 Å². The quantitative estimate of drug-likeness (QED) is 0.483. The van der Waals surface area contributed by atoms with Gasteiger partial charge in [0, 0.05) is 12.6 Å². The van der Waals surface area contributed by atoms with E-state index in [1.807, 2.05) is 0 Å². The van der Waals surface area contributed by atoms with E-state index in [0.29, 0.717) is 17.1 Å². The maximum atomic E-state index is 11.2. The van der Waals surface area contributed by atoms with Crippen LogP contribution in [-0.2, 0) is 14.3 Å². The van der Waals surface area contributed by atoms with Crippen molar-refractivity contribution in [3.8, 4) is 0 Å². The van der Waals surface area contributed by atoms with E-state index in [4.69, 9.17) is 24.4 Å². The second-order valence-corrected chi connectivity index (χ2v) is 5.40. The summed E-state index contributed by atoms with van der Waals surface area (Å²) in [5.41, 5.74) is 1.25. The van der Waals surface area contributed by atoms with Crippen LogP contribution in [0.4, 0.5) is 26.7 Å². The molecule has 0 bridgehead atoms. The Morgan fingerprint density at radius 2 is 1.35 bits per heavy atom. The number of rotatable bonds is 3. The number of benzene rings is 1. The standard InChI is InChI=1S/C14H17N5O5S2/c1-7(20)15-8-4-5-9(16-11(25)18-13(21)23-2)10(6-8)17-12(26)19-14(22)24-3/h4-6H,1-3H3,(H,15,20)(H2,16,18,21,25)(H2,17,19,22,26). The number of amides is 3. The van der Waals surface area contributed by atoms with Crippen molar-refractivity contribution in [2.45, 2.75) is 6.92 Å². The van der Waals surface area contributed by atoms with Crippen LogP contribution in [0.5, 0.6) is 0 Å². The molecule has 1 aromatic rings. The topological polar surface area (TPSA) is 130 Å². The van der Waals surface area contributed by atoms with Crippen molar-refractivity contribution in [3.05, 3.63) is 18.2 Å². The van der Waals surface area contributed by atoms with Crippen LogP contribution in [0, 0.1) is 0 Å². The summed E-state index contributed by atoms with van der Waals surface area (Å²) in [6, 6.07) is 4.74. The second kappa shape index (κ2) is 10.1. The number of thiocarbonyl (C=S) groups is 2. The third-order valence-corrected chi connectivity index (χ3v) is 3.05. The minimum absolute atomic E-state index is 0.0287. The Balaban J connectivity index is 3.01. The van der Waals surface area contributed by atoms with Crippen molar-refractivity contribution in [1.29, 1.82) is 0 Å². The first kappa shape index (κ1) is 21.1. The van der Waals surface area contributed by atoms with Gasteiger partial charge in [-0.2, -0.15) is 0 Å². The van der Waals surface area contributed by atoms with Crippen LogP contribution in [0.25, 0.3) is 0 Å². The number of nitrogens with one attached hydrogen (secondary N) is 5. The van der Waals surface area contributed by atoms with Crippen molar-refractivity contribution in [2.75, 3.05) is 30.2 Å². The van der Waals surface area contributed by atoms with E-state index < -0.39 is 12.2 Å². The number of hydrogen-bond acceptors (Lipinski definition) is 7. The van der Waals surface area contributed by atoms with Gasteiger partial charge >= 0.3 is 12.2 Å². The first-order valence-electron chi connectivity index (χ1n) is 6.98. The zero-order chi connectivity index (χ0) is 19.7. The third-order valence-electron chi connectivity index (χ3n) is 2.64. The number of methoxy groups -OCH3 is 2. The van der Waals surface area contributed by atoms with Crippen molar-refractivity contribution < 1.29 is 23.9 Å². The van der Waals surface area contributed by atoms with E-state index in [-0.39, 0.29) is 16.1 Å². The maximum Gasteiger partial charge on any atom is 0.413 e. The molecule has 140 valence electrons. The van der Waals surface area contributed by atoms with Crippen molar-refractivity contribution in [1.82, 2.24) is 10.6 Å².